The molecule has 2 aromatic carbocycles. The molecule has 0 unspecified atom stereocenters. The molecule has 0 fully saturated rings. The van der Waals surface area contributed by atoms with Gasteiger partial charge in [0.15, 0.2) is 0 Å². The number of rotatable bonds is 4. The first-order chi connectivity index (χ1) is 12.8. The second-order valence-electron chi connectivity index (χ2n) is 5.64. The molecule has 0 aliphatic rings. The van der Waals surface area contributed by atoms with Crippen LogP contribution >= 0.6 is 23.1 Å². The Hall–Kier alpha value is -2.88. The number of nitrogens with zero attached hydrogens (tertiary/aromatic N) is 3. The van der Waals surface area contributed by atoms with Gasteiger partial charge < -0.3 is 5.32 Å². The van der Waals surface area contributed by atoms with Crippen LogP contribution in [0.3, 0.4) is 0 Å². The number of benzene rings is 2. The lowest BCUT2D eigenvalue weighted by Crippen LogP contribution is -1.95. The molecular formula is C20H14N4S2. The van der Waals surface area contributed by atoms with Crippen LogP contribution in [0.1, 0.15) is 4.88 Å². The molecule has 0 radical (unpaired) electrons. The van der Waals surface area contributed by atoms with Gasteiger partial charge in [0, 0.05) is 21.0 Å². The minimum Gasteiger partial charge on any atom is -0.340 e. The fourth-order valence-electron chi connectivity index (χ4n) is 2.89. The normalized spacial score (nSPS) is 10.6. The number of thioether (sulfide) groups is 1. The van der Waals surface area contributed by atoms with Gasteiger partial charge in [-0.3, -0.25) is 0 Å². The van der Waals surface area contributed by atoms with Crippen molar-refractivity contribution in [3.63, 3.8) is 0 Å². The number of anilines is 2. The van der Waals surface area contributed by atoms with E-state index in [2.05, 4.69) is 39.7 Å². The van der Waals surface area contributed by atoms with Crippen LogP contribution in [0.25, 0.3) is 21.3 Å². The number of nitrogens with one attached hydrogen (secondary N) is 1. The lowest BCUT2D eigenvalue weighted by molar-refractivity contribution is 1.23. The first-order valence-electron chi connectivity index (χ1n) is 7.99. The maximum Gasteiger partial charge on any atom is 0.143 e. The minimum absolute atomic E-state index is 0.791. The SMILES string of the molecule is Cc1sc2ncnc(Nc3ccc(SC#N)cc3)c2c1-c1ccccc1. The second-order valence-corrected chi connectivity index (χ2v) is 7.71. The fraction of sp³-hybridized carbons (Fsp3) is 0.0500. The van der Waals surface area contributed by atoms with Gasteiger partial charge in [-0.2, -0.15) is 5.26 Å². The standard InChI is InChI=1S/C20H14N4S2/c1-13-17(14-5-3-2-4-6-14)18-19(22-12-23-20(18)26-13)24-15-7-9-16(10-8-15)25-11-21/h2-10,12H,1H3,(H,22,23,24). The van der Waals surface area contributed by atoms with Crippen molar-refractivity contribution in [3.05, 3.63) is 65.8 Å². The van der Waals surface area contributed by atoms with Crippen LogP contribution in [0, 0.1) is 17.6 Å². The Balaban J connectivity index is 1.79. The lowest BCUT2D eigenvalue weighted by Gasteiger charge is -2.09. The Bertz CT molecular complexity index is 1100. The number of hydrogen-bond donors (Lipinski definition) is 1. The zero-order valence-electron chi connectivity index (χ0n) is 13.9. The summed E-state index contributed by atoms with van der Waals surface area (Å²) in [5.41, 5.74) is 3.26. The van der Waals surface area contributed by atoms with E-state index in [-0.39, 0.29) is 0 Å². The third-order valence-electron chi connectivity index (χ3n) is 4.01. The van der Waals surface area contributed by atoms with Crippen LogP contribution in [0.15, 0.2) is 65.8 Å². The number of fused-ring (bicyclic) bond motifs is 1. The quantitative estimate of drug-likeness (QED) is 0.351. The molecule has 126 valence electrons. The predicted molar refractivity (Wildman–Crippen MR) is 109 cm³/mol. The summed E-state index contributed by atoms with van der Waals surface area (Å²) in [6, 6.07) is 18.1. The molecule has 2 heterocycles. The van der Waals surface area contributed by atoms with E-state index >= 15 is 0 Å². The van der Waals surface area contributed by atoms with Gasteiger partial charge in [0.2, 0.25) is 0 Å². The molecule has 0 spiro atoms. The van der Waals surface area contributed by atoms with Gasteiger partial charge in [-0.05, 0) is 48.5 Å². The highest BCUT2D eigenvalue weighted by molar-refractivity contribution is 8.03. The number of thiocyanates is 1. The average molecular weight is 374 g/mol. The average Bonchev–Trinajstić information content (AvgIpc) is 3.01. The molecule has 4 aromatic rings. The Morgan fingerprint density at radius 3 is 2.54 bits per heavy atom. The van der Waals surface area contributed by atoms with Crippen LogP contribution in [0.2, 0.25) is 0 Å². The molecule has 1 N–H and O–H groups in total. The van der Waals surface area contributed by atoms with E-state index in [1.807, 2.05) is 42.5 Å². The second kappa shape index (κ2) is 7.16. The van der Waals surface area contributed by atoms with E-state index in [0.717, 1.165) is 43.9 Å². The smallest absolute Gasteiger partial charge is 0.143 e. The van der Waals surface area contributed by atoms with E-state index in [4.69, 9.17) is 5.26 Å². The highest BCUT2D eigenvalue weighted by Gasteiger charge is 2.16. The highest BCUT2D eigenvalue weighted by Crippen LogP contribution is 2.40. The maximum absolute atomic E-state index is 8.77. The summed E-state index contributed by atoms with van der Waals surface area (Å²) in [6.45, 7) is 2.12. The van der Waals surface area contributed by atoms with Gasteiger partial charge in [0.1, 0.15) is 22.4 Å². The zero-order chi connectivity index (χ0) is 17.9. The van der Waals surface area contributed by atoms with Crippen molar-refractivity contribution < 1.29 is 0 Å². The van der Waals surface area contributed by atoms with E-state index < -0.39 is 0 Å². The Labute approximate surface area is 159 Å². The van der Waals surface area contributed by atoms with Gasteiger partial charge in [-0.15, -0.1) is 11.3 Å². The molecule has 0 amide bonds. The molecule has 2 aromatic heterocycles. The number of nitriles is 1. The Kier molecular flexibility index (Phi) is 4.57. The monoisotopic (exact) mass is 374 g/mol. The molecule has 4 nitrogen and oxygen atoms in total. The van der Waals surface area contributed by atoms with E-state index in [1.54, 1.807) is 17.7 Å². The zero-order valence-corrected chi connectivity index (χ0v) is 15.6. The molecule has 0 aliphatic carbocycles. The molecule has 6 heteroatoms. The van der Waals surface area contributed by atoms with Crippen molar-refractivity contribution in [1.29, 1.82) is 5.26 Å². The van der Waals surface area contributed by atoms with Gasteiger partial charge in [-0.25, -0.2) is 9.97 Å². The summed E-state index contributed by atoms with van der Waals surface area (Å²) in [6.07, 6.45) is 1.59. The van der Waals surface area contributed by atoms with Gasteiger partial charge in [0.05, 0.1) is 5.39 Å². The minimum atomic E-state index is 0.791. The molecular weight excluding hydrogens is 360 g/mol. The number of aryl methyl sites for hydroxylation is 1. The first kappa shape index (κ1) is 16.6. The van der Waals surface area contributed by atoms with Crippen LogP contribution < -0.4 is 5.32 Å². The van der Waals surface area contributed by atoms with Crippen LogP contribution in [0.5, 0.6) is 0 Å². The fourth-order valence-corrected chi connectivity index (χ4v) is 4.28. The van der Waals surface area contributed by atoms with Gasteiger partial charge in [-0.1, -0.05) is 30.3 Å². The Morgan fingerprint density at radius 2 is 1.81 bits per heavy atom. The summed E-state index contributed by atoms with van der Waals surface area (Å²) in [7, 11) is 0. The summed E-state index contributed by atoms with van der Waals surface area (Å²) in [5.74, 6) is 0.791. The Morgan fingerprint density at radius 1 is 1.04 bits per heavy atom. The summed E-state index contributed by atoms with van der Waals surface area (Å²) in [4.78, 5) is 12.0. The highest BCUT2D eigenvalue weighted by atomic mass is 32.2. The molecule has 26 heavy (non-hydrogen) atoms. The molecule has 0 saturated heterocycles. The third kappa shape index (κ3) is 3.15. The van der Waals surface area contributed by atoms with Crippen molar-refractivity contribution in [3.8, 4) is 16.5 Å². The largest absolute Gasteiger partial charge is 0.340 e. The van der Waals surface area contributed by atoms with Gasteiger partial charge in [0.25, 0.3) is 0 Å². The van der Waals surface area contributed by atoms with Crippen LogP contribution in [0.4, 0.5) is 11.5 Å². The van der Waals surface area contributed by atoms with Gasteiger partial charge >= 0.3 is 0 Å². The third-order valence-corrected chi connectivity index (χ3v) is 5.62. The summed E-state index contributed by atoms with van der Waals surface area (Å²) >= 11 is 2.83. The summed E-state index contributed by atoms with van der Waals surface area (Å²) < 4.78 is 0. The molecule has 0 saturated carbocycles. The van der Waals surface area contributed by atoms with E-state index in [1.165, 1.54) is 10.4 Å². The van der Waals surface area contributed by atoms with Crippen molar-refractivity contribution in [2.45, 2.75) is 11.8 Å². The maximum atomic E-state index is 8.77. The van der Waals surface area contributed by atoms with Crippen molar-refractivity contribution in [2.75, 3.05) is 5.32 Å². The predicted octanol–water partition coefficient (Wildman–Crippen LogP) is 5.98. The molecule has 4 rings (SSSR count). The number of hydrogen-bond acceptors (Lipinski definition) is 6. The first-order valence-corrected chi connectivity index (χ1v) is 9.62. The van der Waals surface area contributed by atoms with E-state index in [0.29, 0.717) is 0 Å². The molecule has 0 atom stereocenters. The summed E-state index contributed by atoms with van der Waals surface area (Å²) in [5, 5.41) is 15.3. The van der Waals surface area contributed by atoms with Crippen molar-refractivity contribution >= 4 is 44.8 Å². The molecule has 0 bridgehead atoms. The number of thiophene rings is 1. The molecule has 0 aliphatic heterocycles. The van der Waals surface area contributed by atoms with Crippen molar-refractivity contribution in [1.82, 2.24) is 9.97 Å². The lowest BCUT2D eigenvalue weighted by atomic mass is 10.0. The number of aromatic nitrogens is 2. The van der Waals surface area contributed by atoms with Crippen LogP contribution in [-0.2, 0) is 0 Å². The van der Waals surface area contributed by atoms with Crippen molar-refractivity contribution in [2.24, 2.45) is 0 Å². The van der Waals surface area contributed by atoms with Crippen LogP contribution in [-0.4, -0.2) is 9.97 Å². The topological polar surface area (TPSA) is 61.6 Å². The van der Waals surface area contributed by atoms with E-state index in [9.17, 15) is 0 Å².